The molecule has 144 valence electrons. The zero-order valence-electron chi connectivity index (χ0n) is 14.6. The molecule has 0 atom stereocenters. The first-order valence-corrected chi connectivity index (χ1v) is 8.63. The highest BCUT2D eigenvalue weighted by Gasteiger charge is 2.35. The fraction of sp³-hybridized carbons (Fsp3) is 0.368. The van der Waals surface area contributed by atoms with Crippen molar-refractivity contribution >= 4 is 12.2 Å². The maximum Gasteiger partial charge on any atom is 0.352 e. The van der Waals surface area contributed by atoms with Crippen molar-refractivity contribution in [2.24, 2.45) is 4.99 Å². The summed E-state index contributed by atoms with van der Waals surface area (Å²) in [7, 11) is 0. The summed E-state index contributed by atoms with van der Waals surface area (Å²) in [4.78, 5) is 18.4. The SMILES string of the molecule is O=C(O)c1[nH]c(C=NCO)c(-c2ccc(CO)c(CO)c2CO)c1C1CC1. The molecule has 0 bridgehead atoms. The lowest BCUT2D eigenvalue weighted by molar-refractivity contribution is 0.0690. The van der Waals surface area contributed by atoms with Gasteiger partial charge in [-0.25, -0.2) is 4.79 Å². The third-order valence-electron chi connectivity index (χ3n) is 4.85. The molecule has 1 fully saturated rings. The van der Waals surface area contributed by atoms with E-state index in [2.05, 4.69) is 9.98 Å². The van der Waals surface area contributed by atoms with Crippen molar-refractivity contribution in [2.45, 2.75) is 38.6 Å². The molecule has 0 aliphatic heterocycles. The first-order valence-electron chi connectivity index (χ1n) is 8.63. The van der Waals surface area contributed by atoms with E-state index in [1.165, 1.54) is 6.21 Å². The average molecular weight is 374 g/mol. The highest BCUT2D eigenvalue weighted by molar-refractivity contribution is 5.99. The normalized spacial score (nSPS) is 14.2. The van der Waals surface area contributed by atoms with Crippen molar-refractivity contribution in [3.05, 3.63) is 45.8 Å². The smallest absolute Gasteiger partial charge is 0.352 e. The summed E-state index contributed by atoms with van der Waals surface area (Å²) in [5.74, 6) is -1.01. The number of aromatic amines is 1. The Balaban J connectivity index is 2.33. The van der Waals surface area contributed by atoms with E-state index >= 15 is 0 Å². The molecule has 0 radical (unpaired) electrons. The van der Waals surface area contributed by atoms with Crippen molar-refractivity contribution < 1.29 is 30.3 Å². The Morgan fingerprint density at radius 1 is 1.11 bits per heavy atom. The molecule has 27 heavy (non-hydrogen) atoms. The number of nitrogens with zero attached hydrogens (tertiary/aromatic N) is 1. The van der Waals surface area contributed by atoms with Gasteiger partial charge in [0, 0.05) is 11.8 Å². The van der Waals surface area contributed by atoms with Crippen LogP contribution < -0.4 is 0 Å². The van der Waals surface area contributed by atoms with Gasteiger partial charge in [-0.2, -0.15) is 0 Å². The van der Waals surface area contributed by atoms with Crippen LogP contribution >= 0.6 is 0 Å². The molecule has 1 saturated carbocycles. The van der Waals surface area contributed by atoms with E-state index in [9.17, 15) is 25.2 Å². The predicted molar refractivity (Wildman–Crippen MR) is 97.6 cm³/mol. The van der Waals surface area contributed by atoms with Crippen LogP contribution in [-0.2, 0) is 19.8 Å². The van der Waals surface area contributed by atoms with Gasteiger partial charge in [0.1, 0.15) is 12.4 Å². The van der Waals surface area contributed by atoms with E-state index < -0.39 is 12.7 Å². The Morgan fingerprint density at radius 2 is 1.81 bits per heavy atom. The second-order valence-electron chi connectivity index (χ2n) is 6.44. The number of benzene rings is 1. The van der Waals surface area contributed by atoms with E-state index in [0.29, 0.717) is 39.1 Å². The zero-order valence-corrected chi connectivity index (χ0v) is 14.6. The number of hydrogen-bond acceptors (Lipinski definition) is 6. The Kier molecular flexibility index (Phi) is 5.71. The van der Waals surface area contributed by atoms with Crippen LogP contribution in [0.25, 0.3) is 11.1 Å². The van der Waals surface area contributed by atoms with Gasteiger partial charge in [0.2, 0.25) is 0 Å². The quantitative estimate of drug-likeness (QED) is 0.382. The van der Waals surface area contributed by atoms with Gasteiger partial charge in [0.05, 0.1) is 25.5 Å². The van der Waals surface area contributed by atoms with E-state index in [1.54, 1.807) is 12.1 Å². The number of rotatable bonds is 8. The summed E-state index contributed by atoms with van der Waals surface area (Å²) < 4.78 is 0. The summed E-state index contributed by atoms with van der Waals surface area (Å²) in [6, 6.07) is 3.35. The molecule has 1 heterocycles. The van der Waals surface area contributed by atoms with Crippen LogP contribution in [0.1, 0.15) is 57.2 Å². The summed E-state index contributed by atoms with van der Waals surface area (Å²) in [5.41, 5.74) is 3.63. The van der Waals surface area contributed by atoms with Crippen molar-refractivity contribution in [1.29, 1.82) is 0 Å². The largest absolute Gasteiger partial charge is 0.477 e. The van der Waals surface area contributed by atoms with Gasteiger partial charge in [0.25, 0.3) is 0 Å². The highest BCUT2D eigenvalue weighted by atomic mass is 16.4. The van der Waals surface area contributed by atoms with Gasteiger partial charge in [0.15, 0.2) is 0 Å². The van der Waals surface area contributed by atoms with Crippen LogP contribution in [0, 0.1) is 0 Å². The maximum atomic E-state index is 11.8. The number of carbonyl (C=O) groups is 1. The molecule has 8 heteroatoms. The van der Waals surface area contributed by atoms with Gasteiger partial charge < -0.3 is 30.5 Å². The molecule has 3 rings (SSSR count). The Bertz CT molecular complexity index is 883. The standard InChI is InChI=1S/C19H22N2O6/c22-6-11-3-4-12(14(8-24)13(11)7-23)17-15(5-20-9-25)21-18(19(26)27)16(17)10-1-2-10/h3-5,10,21-25H,1-2,6-9H2,(H,26,27). The van der Waals surface area contributed by atoms with Crippen molar-refractivity contribution in [2.75, 3.05) is 6.73 Å². The molecule has 1 aliphatic carbocycles. The van der Waals surface area contributed by atoms with E-state index in [-0.39, 0.29) is 31.4 Å². The Morgan fingerprint density at radius 3 is 2.33 bits per heavy atom. The van der Waals surface area contributed by atoms with Crippen molar-refractivity contribution in [3.63, 3.8) is 0 Å². The summed E-state index contributed by atoms with van der Waals surface area (Å²) in [6.45, 7) is -1.48. The van der Waals surface area contributed by atoms with Crippen LogP contribution in [0.15, 0.2) is 17.1 Å². The number of aliphatic imine (C=N–C) groups is 1. The molecule has 1 aromatic heterocycles. The molecule has 1 aliphatic rings. The average Bonchev–Trinajstić information content (AvgIpc) is 3.44. The lowest BCUT2D eigenvalue weighted by atomic mass is 9.89. The third-order valence-corrected chi connectivity index (χ3v) is 4.85. The lowest BCUT2D eigenvalue weighted by Crippen LogP contribution is -2.05. The summed E-state index contributed by atoms with van der Waals surface area (Å²) in [6.07, 6.45) is 3.09. The Labute approximate surface area is 155 Å². The number of aliphatic hydroxyl groups is 4. The first kappa shape index (κ1) is 19.2. The fourth-order valence-corrected chi connectivity index (χ4v) is 3.50. The number of H-pyrrole nitrogens is 1. The molecular formula is C19H22N2O6. The highest BCUT2D eigenvalue weighted by Crippen LogP contribution is 2.48. The maximum absolute atomic E-state index is 11.8. The molecular weight excluding hydrogens is 352 g/mol. The second-order valence-corrected chi connectivity index (χ2v) is 6.44. The number of hydrogen-bond donors (Lipinski definition) is 6. The Hall–Kier alpha value is -2.52. The van der Waals surface area contributed by atoms with Gasteiger partial charge in [-0.1, -0.05) is 12.1 Å². The van der Waals surface area contributed by atoms with Gasteiger partial charge >= 0.3 is 5.97 Å². The minimum absolute atomic E-state index is 0.0626. The molecule has 0 saturated heterocycles. The number of aliphatic hydroxyl groups excluding tert-OH is 4. The lowest BCUT2D eigenvalue weighted by Gasteiger charge is -2.17. The molecule has 0 unspecified atom stereocenters. The number of carboxylic acids is 1. The molecule has 0 amide bonds. The third kappa shape index (κ3) is 3.52. The fourth-order valence-electron chi connectivity index (χ4n) is 3.50. The zero-order chi connectivity index (χ0) is 19.6. The van der Waals surface area contributed by atoms with E-state index in [4.69, 9.17) is 5.11 Å². The number of nitrogens with one attached hydrogen (secondary N) is 1. The van der Waals surface area contributed by atoms with Gasteiger partial charge in [-0.15, -0.1) is 0 Å². The van der Waals surface area contributed by atoms with Crippen molar-refractivity contribution in [3.8, 4) is 11.1 Å². The number of aromatic nitrogens is 1. The molecule has 0 spiro atoms. The van der Waals surface area contributed by atoms with E-state index in [1.807, 2.05) is 0 Å². The summed E-state index contributed by atoms with van der Waals surface area (Å²) >= 11 is 0. The van der Waals surface area contributed by atoms with Crippen LogP contribution in [0.2, 0.25) is 0 Å². The molecule has 2 aromatic rings. The summed E-state index contributed by atoms with van der Waals surface area (Å²) in [5, 5.41) is 47.8. The van der Waals surface area contributed by atoms with Crippen LogP contribution in [0.3, 0.4) is 0 Å². The minimum atomic E-state index is -1.10. The number of carboxylic acid groups (broad SMARTS) is 1. The van der Waals surface area contributed by atoms with E-state index in [0.717, 1.165) is 12.8 Å². The number of aromatic carboxylic acids is 1. The molecule has 8 nitrogen and oxygen atoms in total. The van der Waals surface area contributed by atoms with Crippen molar-refractivity contribution in [1.82, 2.24) is 4.98 Å². The minimum Gasteiger partial charge on any atom is -0.477 e. The predicted octanol–water partition coefficient (Wildman–Crippen LogP) is 1.10. The van der Waals surface area contributed by atoms with Crippen LogP contribution in [0.4, 0.5) is 0 Å². The van der Waals surface area contributed by atoms with Crippen LogP contribution in [-0.4, -0.2) is 49.4 Å². The topological polar surface area (TPSA) is 146 Å². The monoisotopic (exact) mass is 374 g/mol. The first-order chi connectivity index (χ1) is 13.1. The van der Waals surface area contributed by atoms with Gasteiger partial charge in [-0.3, -0.25) is 4.99 Å². The molecule has 1 aromatic carbocycles. The van der Waals surface area contributed by atoms with Gasteiger partial charge in [-0.05, 0) is 46.6 Å². The van der Waals surface area contributed by atoms with Crippen LogP contribution in [0.5, 0.6) is 0 Å². The second kappa shape index (κ2) is 8.01. The molecule has 6 N–H and O–H groups in total.